The van der Waals surface area contributed by atoms with Crippen LogP contribution in [-0.4, -0.2) is 51.3 Å². The van der Waals surface area contributed by atoms with Crippen LogP contribution in [0, 0.1) is 17.1 Å². The Morgan fingerprint density at radius 1 is 1.14 bits per heavy atom. The number of nitriles is 1. The number of ether oxygens (including phenoxy) is 3. The zero-order valence-corrected chi connectivity index (χ0v) is 18.9. The van der Waals surface area contributed by atoms with E-state index in [1.807, 2.05) is 6.07 Å². The van der Waals surface area contributed by atoms with Crippen LogP contribution in [0.1, 0.15) is 12.0 Å². The molecular formula is C25H18ClFN4O4. The Labute approximate surface area is 203 Å². The van der Waals surface area contributed by atoms with Crippen LogP contribution in [-0.2, 0) is 9.47 Å². The van der Waals surface area contributed by atoms with Gasteiger partial charge in [0.1, 0.15) is 18.0 Å². The highest BCUT2D eigenvalue weighted by Crippen LogP contribution is 2.34. The molecule has 2 saturated heterocycles. The van der Waals surface area contributed by atoms with E-state index in [1.165, 1.54) is 6.07 Å². The van der Waals surface area contributed by atoms with Gasteiger partial charge in [0.05, 0.1) is 40.6 Å². The Morgan fingerprint density at radius 2 is 1.94 bits per heavy atom. The summed E-state index contributed by atoms with van der Waals surface area (Å²) in [6.45, 7) is 0.265. The van der Waals surface area contributed by atoms with E-state index >= 15 is 0 Å². The molecule has 6 rings (SSSR count). The van der Waals surface area contributed by atoms with Gasteiger partial charge in [-0.3, -0.25) is 0 Å². The van der Waals surface area contributed by atoms with Crippen molar-refractivity contribution in [1.82, 2.24) is 15.0 Å². The molecule has 4 aromatic rings. The van der Waals surface area contributed by atoms with Crippen molar-refractivity contribution in [2.75, 3.05) is 6.61 Å². The molecule has 4 heterocycles. The van der Waals surface area contributed by atoms with Crippen molar-refractivity contribution in [2.24, 2.45) is 0 Å². The number of aromatic amines is 1. The lowest BCUT2D eigenvalue weighted by Crippen LogP contribution is -2.28. The fraction of sp³-hybridized carbons (Fsp3) is 0.240. The van der Waals surface area contributed by atoms with Crippen LogP contribution < -0.4 is 4.74 Å². The molecule has 2 fully saturated rings. The summed E-state index contributed by atoms with van der Waals surface area (Å²) in [4.78, 5) is 12.0. The summed E-state index contributed by atoms with van der Waals surface area (Å²) in [7, 11) is 0. The fourth-order valence-electron chi connectivity index (χ4n) is 4.44. The quantitative estimate of drug-likeness (QED) is 0.438. The predicted octanol–water partition coefficient (Wildman–Crippen LogP) is 4.21. The second-order valence-electron chi connectivity index (χ2n) is 8.44. The molecule has 0 bridgehead atoms. The third-order valence-electron chi connectivity index (χ3n) is 6.18. The van der Waals surface area contributed by atoms with Crippen molar-refractivity contribution in [3.63, 3.8) is 0 Å². The highest BCUT2D eigenvalue weighted by atomic mass is 35.5. The monoisotopic (exact) mass is 492 g/mol. The van der Waals surface area contributed by atoms with E-state index in [4.69, 9.17) is 31.1 Å². The SMILES string of the molecule is N#Cc1ccc(-c2ccc(-c3nc4nc(OC5C[C@H]6OC[C@@H](O)[C@H]6O5)[nH]c4cc3Cl)cc2)c(F)c1. The summed E-state index contributed by atoms with van der Waals surface area (Å²) in [5.74, 6) is -0.464. The van der Waals surface area contributed by atoms with E-state index < -0.39 is 24.3 Å². The summed E-state index contributed by atoms with van der Waals surface area (Å²) >= 11 is 6.50. The topological polar surface area (TPSA) is 113 Å². The molecule has 1 unspecified atom stereocenters. The Hall–Kier alpha value is -3.55. The highest BCUT2D eigenvalue weighted by Gasteiger charge is 2.46. The van der Waals surface area contributed by atoms with Gasteiger partial charge in [-0.15, -0.1) is 0 Å². The van der Waals surface area contributed by atoms with Crippen LogP contribution >= 0.6 is 11.6 Å². The standard InChI is InChI=1S/C25H18ClFN4O4/c26-16-8-18-24(31-25(29-18)35-21-9-20-23(34-21)19(32)11-33-20)30-22(16)14-4-2-13(3-5-14)15-6-1-12(10-28)7-17(15)27/h1-8,19-21,23,32H,9,11H2,(H,29,30,31)/t19-,20-,21?,23-/m1/s1. The average molecular weight is 493 g/mol. The number of nitrogens with zero attached hydrogens (tertiary/aromatic N) is 3. The van der Waals surface area contributed by atoms with Gasteiger partial charge in [0.25, 0.3) is 6.01 Å². The zero-order valence-electron chi connectivity index (χ0n) is 18.1. The second kappa shape index (κ2) is 8.59. The number of aliphatic hydroxyl groups excluding tert-OH is 1. The number of hydrogen-bond donors (Lipinski definition) is 2. The van der Waals surface area contributed by atoms with E-state index in [1.54, 1.807) is 42.5 Å². The molecule has 2 N–H and O–H groups in total. The number of hydrogen-bond acceptors (Lipinski definition) is 7. The van der Waals surface area contributed by atoms with Crippen molar-refractivity contribution in [1.29, 1.82) is 5.26 Å². The smallest absolute Gasteiger partial charge is 0.298 e. The van der Waals surface area contributed by atoms with Gasteiger partial charge in [0, 0.05) is 17.5 Å². The molecular weight excluding hydrogens is 475 g/mol. The number of aliphatic hydroxyl groups is 1. The maximum absolute atomic E-state index is 14.4. The second-order valence-corrected chi connectivity index (χ2v) is 8.85. The molecule has 0 radical (unpaired) electrons. The first-order valence-electron chi connectivity index (χ1n) is 11.0. The lowest BCUT2D eigenvalue weighted by molar-refractivity contribution is -0.103. The maximum atomic E-state index is 14.4. The van der Waals surface area contributed by atoms with Gasteiger partial charge >= 0.3 is 0 Å². The summed E-state index contributed by atoms with van der Waals surface area (Å²) < 4.78 is 31.4. The number of fused-ring (bicyclic) bond motifs is 2. The Kier molecular flexibility index (Phi) is 5.39. The minimum Gasteiger partial charge on any atom is -0.435 e. The summed E-state index contributed by atoms with van der Waals surface area (Å²) in [6.07, 6.45) is -1.36. The zero-order chi connectivity index (χ0) is 24.1. The first kappa shape index (κ1) is 21.9. The van der Waals surface area contributed by atoms with Crippen molar-refractivity contribution < 1.29 is 23.7 Å². The third-order valence-corrected chi connectivity index (χ3v) is 6.46. The highest BCUT2D eigenvalue weighted by molar-refractivity contribution is 6.33. The number of halogens is 2. The Balaban J connectivity index is 1.24. The number of rotatable bonds is 4. The van der Waals surface area contributed by atoms with Crippen LogP contribution in [0.4, 0.5) is 4.39 Å². The molecule has 8 nitrogen and oxygen atoms in total. The van der Waals surface area contributed by atoms with E-state index in [0.29, 0.717) is 39.4 Å². The lowest BCUT2D eigenvalue weighted by atomic mass is 10.0. The van der Waals surface area contributed by atoms with E-state index in [-0.39, 0.29) is 24.3 Å². The van der Waals surface area contributed by atoms with Gasteiger partial charge in [-0.2, -0.15) is 10.2 Å². The Bertz CT molecular complexity index is 1470. The number of H-pyrrole nitrogens is 1. The van der Waals surface area contributed by atoms with Crippen molar-refractivity contribution in [3.8, 4) is 34.5 Å². The number of nitrogens with one attached hydrogen (secondary N) is 1. The van der Waals surface area contributed by atoms with E-state index in [0.717, 1.165) is 5.56 Å². The minimum atomic E-state index is -0.660. The van der Waals surface area contributed by atoms with Crippen LogP contribution in [0.5, 0.6) is 6.01 Å². The van der Waals surface area contributed by atoms with Crippen LogP contribution in [0.3, 0.4) is 0 Å². The average Bonchev–Trinajstić information content (AvgIpc) is 3.54. The molecule has 2 aliphatic heterocycles. The summed E-state index contributed by atoms with van der Waals surface area (Å²) in [5.41, 5.74) is 3.60. The molecule has 0 saturated carbocycles. The van der Waals surface area contributed by atoms with Gasteiger partial charge < -0.3 is 24.3 Å². The number of aromatic nitrogens is 3. The van der Waals surface area contributed by atoms with Crippen LogP contribution in [0.25, 0.3) is 33.5 Å². The van der Waals surface area contributed by atoms with Gasteiger partial charge in [-0.25, -0.2) is 9.37 Å². The van der Waals surface area contributed by atoms with Gasteiger partial charge in [0.2, 0.25) is 6.29 Å². The number of pyridine rings is 1. The number of benzene rings is 2. The third kappa shape index (κ3) is 4.00. The first-order chi connectivity index (χ1) is 17.0. The normalized spacial score (nSPS) is 23.4. The number of imidazole rings is 1. The fourth-order valence-corrected chi connectivity index (χ4v) is 4.70. The molecule has 176 valence electrons. The first-order valence-corrected chi connectivity index (χ1v) is 11.3. The molecule has 35 heavy (non-hydrogen) atoms. The van der Waals surface area contributed by atoms with E-state index in [9.17, 15) is 9.50 Å². The molecule has 10 heteroatoms. The maximum Gasteiger partial charge on any atom is 0.298 e. The summed E-state index contributed by atoms with van der Waals surface area (Å²) in [6, 6.07) is 15.4. The molecule has 2 aromatic heterocycles. The van der Waals surface area contributed by atoms with Crippen molar-refractivity contribution in [2.45, 2.75) is 31.0 Å². The van der Waals surface area contributed by atoms with Crippen LogP contribution in [0.2, 0.25) is 5.02 Å². The largest absolute Gasteiger partial charge is 0.435 e. The van der Waals surface area contributed by atoms with Gasteiger partial charge in [0.15, 0.2) is 5.65 Å². The predicted molar refractivity (Wildman–Crippen MR) is 124 cm³/mol. The molecule has 4 atom stereocenters. The molecule has 2 aliphatic rings. The minimum absolute atomic E-state index is 0.195. The molecule has 0 aliphatic carbocycles. The van der Waals surface area contributed by atoms with Gasteiger partial charge in [-0.05, 0) is 23.8 Å². The van der Waals surface area contributed by atoms with E-state index in [2.05, 4.69) is 15.0 Å². The van der Waals surface area contributed by atoms with Crippen molar-refractivity contribution in [3.05, 3.63) is 64.9 Å². The Morgan fingerprint density at radius 3 is 2.69 bits per heavy atom. The molecule has 2 aromatic carbocycles. The van der Waals surface area contributed by atoms with Crippen LogP contribution in [0.15, 0.2) is 48.5 Å². The molecule has 0 amide bonds. The summed E-state index contributed by atoms with van der Waals surface area (Å²) in [5, 5.41) is 19.2. The molecule has 0 spiro atoms. The van der Waals surface area contributed by atoms with Crippen molar-refractivity contribution >= 4 is 22.8 Å². The van der Waals surface area contributed by atoms with Gasteiger partial charge in [-0.1, -0.05) is 41.9 Å². The lowest BCUT2D eigenvalue weighted by Gasteiger charge is -2.14.